The van der Waals surface area contributed by atoms with Crippen LogP contribution in [-0.4, -0.2) is 35.0 Å². The van der Waals surface area contributed by atoms with Gasteiger partial charge in [-0.15, -0.1) is 0 Å². The summed E-state index contributed by atoms with van der Waals surface area (Å²) in [5.41, 5.74) is 0.976. The van der Waals surface area contributed by atoms with Crippen molar-refractivity contribution in [3.05, 3.63) is 72.0 Å². The molecule has 1 fully saturated rings. The number of nitrogens with zero attached hydrogens (tertiary/aromatic N) is 2. The molecule has 1 aliphatic rings. The molecule has 0 spiro atoms. The van der Waals surface area contributed by atoms with E-state index < -0.39 is 5.82 Å². The molecule has 1 aromatic heterocycles. The number of aromatic nitrogens is 1. The Morgan fingerprint density at radius 2 is 1.88 bits per heavy atom. The minimum atomic E-state index is -0.493. The highest BCUT2D eigenvalue weighted by Gasteiger charge is 2.29. The summed E-state index contributed by atoms with van der Waals surface area (Å²) in [7, 11) is 0. The van der Waals surface area contributed by atoms with E-state index in [4.69, 9.17) is 4.74 Å². The number of halogens is 1. The summed E-state index contributed by atoms with van der Waals surface area (Å²) in [6, 6.07) is 17.7. The molecule has 2 aromatic carbocycles. The van der Waals surface area contributed by atoms with Crippen LogP contribution in [0, 0.1) is 5.82 Å². The number of benzene rings is 2. The predicted molar refractivity (Wildman–Crippen MR) is 93.1 cm³/mol. The van der Waals surface area contributed by atoms with Crippen molar-refractivity contribution in [2.75, 3.05) is 13.1 Å². The smallest absolute Gasteiger partial charge is 0.256 e. The van der Waals surface area contributed by atoms with Gasteiger partial charge >= 0.3 is 0 Å². The molecule has 1 atom stereocenters. The van der Waals surface area contributed by atoms with Crippen LogP contribution in [0.15, 0.2) is 60.7 Å². The van der Waals surface area contributed by atoms with Crippen LogP contribution in [0.5, 0.6) is 5.88 Å². The molecular weight excluding hydrogens is 319 g/mol. The molecular formula is C20H17FN2O2. The lowest BCUT2D eigenvalue weighted by Crippen LogP contribution is -2.31. The van der Waals surface area contributed by atoms with Gasteiger partial charge in [0, 0.05) is 24.4 Å². The number of carbonyl (C=O) groups is 1. The van der Waals surface area contributed by atoms with E-state index in [1.807, 2.05) is 36.4 Å². The van der Waals surface area contributed by atoms with Crippen molar-refractivity contribution in [2.24, 2.45) is 0 Å². The number of para-hydroxylation sites is 1. The molecule has 0 N–H and O–H groups in total. The van der Waals surface area contributed by atoms with Crippen LogP contribution in [0.2, 0.25) is 0 Å². The molecule has 0 saturated carbocycles. The first kappa shape index (κ1) is 15.6. The zero-order valence-electron chi connectivity index (χ0n) is 13.6. The number of carbonyl (C=O) groups excluding carboxylic acids is 1. The normalized spacial score (nSPS) is 17.0. The molecule has 4 rings (SSSR count). The summed E-state index contributed by atoms with van der Waals surface area (Å²) in [6.45, 7) is 0.979. The van der Waals surface area contributed by atoms with E-state index in [1.54, 1.807) is 17.0 Å². The van der Waals surface area contributed by atoms with Crippen LogP contribution >= 0.6 is 0 Å². The van der Waals surface area contributed by atoms with Gasteiger partial charge in [-0.1, -0.05) is 30.3 Å². The summed E-state index contributed by atoms with van der Waals surface area (Å²) < 4.78 is 19.7. The Morgan fingerprint density at radius 1 is 1.08 bits per heavy atom. The van der Waals surface area contributed by atoms with Gasteiger partial charge in [-0.05, 0) is 24.3 Å². The molecule has 1 aliphatic heterocycles. The van der Waals surface area contributed by atoms with E-state index in [0.29, 0.717) is 25.4 Å². The largest absolute Gasteiger partial charge is 0.472 e. The molecule has 0 aliphatic carbocycles. The average Bonchev–Trinajstić information content (AvgIpc) is 3.10. The number of hydrogen-bond donors (Lipinski definition) is 0. The third-order valence-corrected chi connectivity index (χ3v) is 4.40. The molecule has 0 bridgehead atoms. The summed E-state index contributed by atoms with van der Waals surface area (Å²) in [5, 5.41) is 1.05. The molecule has 5 heteroatoms. The Labute approximate surface area is 144 Å². The Bertz CT molecular complexity index is 928. The second kappa shape index (κ2) is 6.51. The quantitative estimate of drug-likeness (QED) is 0.733. The van der Waals surface area contributed by atoms with Gasteiger partial charge < -0.3 is 9.64 Å². The van der Waals surface area contributed by atoms with Crippen LogP contribution in [0.1, 0.15) is 16.8 Å². The summed E-state index contributed by atoms with van der Waals surface area (Å²) >= 11 is 0. The summed E-state index contributed by atoms with van der Waals surface area (Å²) in [6.07, 6.45) is 0.568. The molecule has 126 valence electrons. The Morgan fingerprint density at radius 3 is 2.76 bits per heavy atom. The van der Waals surface area contributed by atoms with Gasteiger partial charge in [0.25, 0.3) is 5.91 Å². The Balaban J connectivity index is 1.45. The SMILES string of the molecule is O=C(c1ccccc1F)N1CCC(Oc2ccc3ccccc3n2)C1. The van der Waals surface area contributed by atoms with Crippen LogP contribution in [0.4, 0.5) is 4.39 Å². The third kappa shape index (κ3) is 3.18. The van der Waals surface area contributed by atoms with Crippen molar-refractivity contribution < 1.29 is 13.9 Å². The molecule has 1 amide bonds. The number of amides is 1. The standard InChI is InChI=1S/C20H17FN2O2/c21-17-7-3-2-6-16(17)20(24)23-12-11-15(13-23)25-19-10-9-14-5-1-4-8-18(14)22-19/h1-10,15H,11-13H2. The maximum absolute atomic E-state index is 13.8. The zero-order chi connectivity index (χ0) is 17.2. The first-order valence-electron chi connectivity index (χ1n) is 8.27. The second-order valence-electron chi connectivity index (χ2n) is 6.10. The fourth-order valence-electron chi connectivity index (χ4n) is 3.10. The van der Waals surface area contributed by atoms with Crippen molar-refractivity contribution in [3.8, 4) is 5.88 Å². The number of ether oxygens (including phenoxy) is 1. The summed E-state index contributed by atoms with van der Waals surface area (Å²) in [5.74, 6) is -0.243. The Kier molecular flexibility index (Phi) is 4.06. The first-order valence-corrected chi connectivity index (χ1v) is 8.27. The highest BCUT2D eigenvalue weighted by atomic mass is 19.1. The lowest BCUT2D eigenvalue weighted by Gasteiger charge is -2.17. The van der Waals surface area contributed by atoms with Crippen molar-refractivity contribution in [1.82, 2.24) is 9.88 Å². The molecule has 0 radical (unpaired) electrons. The fraction of sp³-hybridized carbons (Fsp3) is 0.200. The molecule has 1 unspecified atom stereocenters. The molecule has 3 aromatic rings. The van der Waals surface area contributed by atoms with Crippen LogP contribution in [0.25, 0.3) is 10.9 Å². The molecule has 1 saturated heterocycles. The van der Waals surface area contributed by atoms with Gasteiger partial charge in [-0.3, -0.25) is 4.79 Å². The molecule has 2 heterocycles. The van der Waals surface area contributed by atoms with Crippen LogP contribution < -0.4 is 4.74 Å². The first-order chi connectivity index (χ1) is 12.2. The molecule has 25 heavy (non-hydrogen) atoms. The maximum atomic E-state index is 13.8. The lowest BCUT2D eigenvalue weighted by molar-refractivity contribution is 0.0766. The van der Waals surface area contributed by atoms with E-state index in [-0.39, 0.29) is 17.6 Å². The highest BCUT2D eigenvalue weighted by molar-refractivity contribution is 5.94. The minimum Gasteiger partial charge on any atom is -0.472 e. The third-order valence-electron chi connectivity index (χ3n) is 4.40. The lowest BCUT2D eigenvalue weighted by atomic mass is 10.2. The predicted octanol–water partition coefficient (Wildman–Crippen LogP) is 3.67. The van der Waals surface area contributed by atoms with E-state index in [2.05, 4.69) is 4.98 Å². The van der Waals surface area contributed by atoms with Crippen LogP contribution in [0.3, 0.4) is 0 Å². The van der Waals surface area contributed by atoms with Crippen molar-refractivity contribution >= 4 is 16.8 Å². The average molecular weight is 336 g/mol. The monoisotopic (exact) mass is 336 g/mol. The topological polar surface area (TPSA) is 42.4 Å². The Hall–Kier alpha value is -2.95. The minimum absolute atomic E-state index is 0.104. The van der Waals surface area contributed by atoms with Gasteiger partial charge in [0.05, 0.1) is 17.6 Å². The van der Waals surface area contributed by atoms with Gasteiger partial charge in [0.1, 0.15) is 11.9 Å². The second-order valence-corrected chi connectivity index (χ2v) is 6.10. The number of hydrogen-bond acceptors (Lipinski definition) is 3. The highest BCUT2D eigenvalue weighted by Crippen LogP contribution is 2.22. The van der Waals surface area contributed by atoms with E-state index in [1.165, 1.54) is 12.1 Å². The fourth-order valence-corrected chi connectivity index (χ4v) is 3.10. The number of pyridine rings is 1. The maximum Gasteiger partial charge on any atom is 0.256 e. The number of likely N-dealkylation sites (tertiary alicyclic amines) is 1. The zero-order valence-corrected chi connectivity index (χ0v) is 13.6. The summed E-state index contributed by atoms with van der Waals surface area (Å²) in [4.78, 5) is 18.6. The van der Waals surface area contributed by atoms with Crippen molar-refractivity contribution in [1.29, 1.82) is 0 Å². The van der Waals surface area contributed by atoms with Crippen LogP contribution in [-0.2, 0) is 0 Å². The number of rotatable bonds is 3. The number of fused-ring (bicyclic) bond motifs is 1. The van der Waals surface area contributed by atoms with Gasteiger partial charge in [0.15, 0.2) is 0 Å². The van der Waals surface area contributed by atoms with Crippen molar-refractivity contribution in [2.45, 2.75) is 12.5 Å². The van der Waals surface area contributed by atoms with Crippen molar-refractivity contribution in [3.63, 3.8) is 0 Å². The van der Waals surface area contributed by atoms with E-state index in [0.717, 1.165) is 10.9 Å². The van der Waals surface area contributed by atoms with Gasteiger partial charge in [-0.2, -0.15) is 0 Å². The van der Waals surface area contributed by atoms with E-state index >= 15 is 0 Å². The van der Waals surface area contributed by atoms with Gasteiger partial charge in [0.2, 0.25) is 5.88 Å². The van der Waals surface area contributed by atoms with Gasteiger partial charge in [-0.25, -0.2) is 9.37 Å². The molecule has 4 nitrogen and oxygen atoms in total. The van der Waals surface area contributed by atoms with E-state index in [9.17, 15) is 9.18 Å².